The Hall–Kier alpha value is -3.06. The van der Waals surface area contributed by atoms with Crippen LogP contribution in [0.4, 0.5) is 0 Å². The quantitative estimate of drug-likeness (QED) is 0.773. The number of amides is 2. The van der Waals surface area contributed by atoms with Crippen molar-refractivity contribution in [3.63, 3.8) is 0 Å². The van der Waals surface area contributed by atoms with Gasteiger partial charge in [0.15, 0.2) is 0 Å². The predicted octanol–water partition coefficient (Wildman–Crippen LogP) is 1.89. The molecule has 0 spiro atoms. The predicted molar refractivity (Wildman–Crippen MR) is 111 cm³/mol. The van der Waals surface area contributed by atoms with E-state index in [0.717, 1.165) is 25.2 Å². The van der Waals surface area contributed by atoms with Crippen LogP contribution < -0.4 is 14.8 Å². The largest absolute Gasteiger partial charge is 0.496 e. The number of carbonyl (C=O) groups is 2. The highest BCUT2D eigenvalue weighted by Crippen LogP contribution is 2.27. The van der Waals surface area contributed by atoms with Crippen LogP contribution in [-0.4, -0.2) is 75.1 Å². The molecule has 1 aliphatic heterocycles. The first-order valence-electron chi connectivity index (χ1n) is 9.70. The van der Waals surface area contributed by atoms with Crippen LogP contribution in [0.2, 0.25) is 0 Å². The van der Waals surface area contributed by atoms with Crippen LogP contribution in [0.1, 0.15) is 20.7 Å². The number of hydrogen-bond acceptors (Lipinski definition) is 5. The molecule has 3 rings (SSSR count). The highest BCUT2D eigenvalue weighted by molar-refractivity contribution is 5.99. The fraction of sp³-hybridized carbons (Fsp3) is 0.364. The van der Waals surface area contributed by atoms with E-state index in [1.807, 2.05) is 35.2 Å². The molecular formula is C22H27N3O4. The molecule has 29 heavy (non-hydrogen) atoms. The normalized spacial score (nSPS) is 14.3. The Morgan fingerprint density at radius 3 is 2.10 bits per heavy atom. The molecule has 7 nitrogen and oxygen atoms in total. The molecule has 2 aromatic rings. The molecular weight excluding hydrogens is 370 g/mol. The summed E-state index contributed by atoms with van der Waals surface area (Å²) in [5.74, 6) is 0.809. The Morgan fingerprint density at radius 1 is 0.897 bits per heavy atom. The second-order valence-electron chi connectivity index (χ2n) is 6.79. The third-order valence-electron chi connectivity index (χ3n) is 5.05. The van der Waals surface area contributed by atoms with Gasteiger partial charge in [0.1, 0.15) is 17.1 Å². The van der Waals surface area contributed by atoms with Crippen LogP contribution in [0.3, 0.4) is 0 Å². The van der Waals surface area contributed by atoms with Crippen molar-refractivity contribution >= 4 is 11.8 Å². The number of hydrogen-bond donors (Lipinski definition) is 1. The molecule has 0 saturated carbocycles. The third kappa shape index (κ3) is 5.06. The van der Waals surface area contributed by atoms with E-state index in [-0.39, 0.29) is 11.8 Å². The van der Waals surface area contributed by atoms with Crippen molar-refractivity contribution in [1.82, 2.24) is 15.1 Å². The molecule has 0 aliphatic carbocycles. The van der Waals surface area contributed by atoms with Crippen LogP contribution in [0.25, 0.3) is 0 Å². The van der Waals surface area contributed by atoms with Gasteiger partial charge in [0.25, 0.3) is 11.8 Å². The molecule has 7 heteroatoms. The first kappa shape index (κ1) is 20.7. The minimum Gasteiger partial charge on any atom is -0.496 e. The second-order valence-corrected chi connectivity index (χ2v) is 6.79. The number of piperazine rings is 1. The van der Waals surface area contributed by atoms with Crippen molar-refractivity contribution in [3.05, 3.63) is 59.7 Å². The molecule has 1 fully saturated rings. The zero-order chi connectivity index (χ0) is 20.6. The SMILES string of the molecule is COc1cccc(OC)c1C(=O)NCCN1CCN(C(=O)c2ccccc2)CC1. The van der Waals surface area contributed by atoms with E-state index in [0.29, 0.717) is 36.7 Å². The smallest absolute Gasteiger partial charge is 0.258 e. The van der Waals surface area contributed by atoms with E-state index in [4.69, 9.17) is 9.47 Å². The lowest BCUT2D eigenvalue weighted by molar-refractivity contribution is 0.0638. The molecule has 2 aromatic carbocycles. The lowest BCUT2D eigenvalue weighted by atomic mass is 10.1. The van der Waals surface area contributed by atoms with Gasteiger partial charge in [-0.15, -0.1) is 0 Å². The summed E-state index contributed by atoms with van der Waals surface area (Å²) in [6, 6.07) is 14.6. The summed E-state index contributed by atoms with van der Waals surface area (Å²) >= 11 is 0. The summed E-state index contributed by atoms with van der Waals surface area (Å²) in [5, 5.41) is 2.93. The monoisotopic (exact) mass is 397 g/mol. The lowest BCUT2D eigenvalue weighted by Crippen LogP contribution is -2.50. The van der Waals surface area contributed by atoms with Gasteiger partial charge in [-0.2, -0.15) is 0 Å². The summed E-state index contributed by atoms with van der Waals surface area (Å²) in [5.41, 5.74) is 1.12. The fourth-order valence-electron chi connectivity index (χ4n) is 3.43. The van der Waals surface area contributed by atoms with Gasteiger partial charge in [0, 0.05) is 44.8 Å². The van der Waals surface area contributed by atoms with E-state index in [2.05, 4.69) is 10.2 Å². The topological polar surface area (TPSA) is 71.1 Å². The average Bonchev–Trinajstić information content (AvgIpc) is 2.78. The summed E-state index contributed by atoms with van der Waals surface area (Å²) < 4.78 is 10.6. The van der Waals surface area contributed by atoms with Crippen LogP contribution in [0.5, 0.6) is 11.5 Å². The number of ether oxygens (including phenoxy) is 2. The molecule has 1 aliphatic rings. The molecule has 1 heterocycles. The minimum atomic E-state index is -0.225. The summed E-state index contributed by atoms with van der Waals surface area (Å²) in [6.45, 7) is 4.16. The highest BCUT2D eigenvalue weighted by Gasteiger charge is 2.22. The molecule has 1 N–H and O–H groups in total. The highest BCUT2D eigenvalue weighted by atomic mass is 16.5. The Labute approximate surface area is 171 Å². The molecule has 1 saturated heterocycles. The minimum absolute atomic E-state index is 0.0711. The van der Waals surface area contributed by atoms with Crippen LogP contribution in [0.15, 0.2) is 48.5 Å². The number of carbonyl (C=O) groups excluding carboxylic acids is 2. The Bertz CT molecular complexity index is 811. The molecule has 0 unspecified atom stereocenters. The van der Waals surface area contributed by atoms with Crippen LogP contribution in [-0.2, 0) is 0 Å². The van der Waals surface area contributed by atoms with E-state index in [9.17, 15) is 9.59 Å². The standard InChI is InChI=1S/C22H27N3O4/c1-28-18-9-6-10-19(29-2)20(18)21(26)23-11-12-24-13-15-25(16-14-24)22(27)17-7-4-3-5-8-17/h3-10H,11-16H2,1-2H3,(H,23,26). The van der Waals surface area contributed by atoms with Gasteiger partial charge in [-0.3, -0.25) is 14.5 Å². The molecule has 0 atom stereocenters. The zero-order valence-electron chi connectivity index (χ0n) is 16.9. The second kappa shape index (κ2) is 9.93. The van der Waals surface area contributed by atoms with E-state index in [1.165, 1.54) is 14.2 Å². The third-order valence-corrected chi connectivity index (χ3v) is 5.05. The van der Waals surface area contributed by atoms with Gasteiger partial charge >= 0.3 is 0 Å². The van der Waals surface area contributed by atoms with Gasteiger partial charge in [-0.25, -0.2) is 0 Å². The van der Waals surface area contributed by atoms with Crippen molar-refractivity contribution in [3.8, 4) is 11.5 Å². The summed E-state index contributed by atoms with van der Waals surface area (Å²) in [6.07, 6.45) is 0. The van der Waals surface area contributed by atoms with Crippen LogP contribution >= 0.6 is 0 Å². The lowest BCUT2D eigenvalue weighted by Gasteiger charge is -2.34. The maximum Gasteiger partial charge on any atom is 0.258 e. The van der Waals surface area contributed by atoms with Gasteiger partial charge in [-0.1, -0.05) is 24.3 Å². The number of rotatable bonds is 7. The first-order valence-corrected chi connectivity index (χ1v) is 9.70. The molecule has 0 radical (unpaired) electrons. The van der Waals surface area contributed by atoms with Crippen molar-refractivity contribution in [1.29, 1.82) is 0 Å². The zero-order valence-corrected chi connectivity index (χ0v) is 16.9. The van der Waals surface area contributed by atoms with Gasteiger partial charge in [0.05, 0.1) is 14.2 Å². The van der Waals surface area contributed by atoms with Gasteiger partial charge in [-0.05, 0) is 24.3 Å². The fourth-order valence-corrected chi connectivity index (χ4v) is 3.43. The Balaban J connectivity index is 1.47. The number of methoxy groups -OCH3 is 2. The number of nitrogens with zero attached hydrogens (tertiary/aromatic N) is 2. The van der Waals surface area contributed by atoms with Crippen molar-refractivity contribution in [2.75, 3.05) is 53.5 Å². The molecule has 2 amide bonds. The maximum absolute atomic E-state index is 12.6. The van der Waals surface area contributed by atoms with Crippen molar-refractivity contribution in [2.24, 2.45) is 0 Å². The average molecular weight is 397 g/mol. The summed E-state index contributed by atoms with van der Waals surface area (Å²) in [4.78, 5) is 29.2. The van der Waals surface area contributed by atoms with Crippen LogP contribution in [0, 0.1) is 0 Å². The van der Waals surface area contributed by atoms with Crippen molar-refractivity contribution in [2.45, 2.75) is 0 Å². The van der Waals surface area contributed by atoms with E-state index in [1.54, 1.807) is 18.2 Å². The Kier molecular flexibility index (Phi) is 7.08. The van der Waals surface area contributed by atoms with E-state index >= 15 is 0 Å². The van der Waals surface area contributed by atoms with Gasteiger partial charge in [0.2, 0.25) is 0 Å². The molecule has 0 bridgehead atoms. The summed E-state index contributed by atoms with van der Waals surface area (Å²) in [7, 11) is 3.06. The van der Waals surface area contributed by atoms with Crippen molar-refractivity contribution < 1.29 is 19.1 Å². The van der Waals surface area contributed by atoms with Gasteiger partial charge < -0.3 is 19.7 Å². The number of nitrogens with one attached hydrogen (secondary N) is 1. The molecule has 154 valence electrons. The van der Waals surface area contributed by atoms with E-state index < -0.39 is 0 Å². The maximum atomic E-state index is 12.6. The number of benzene rings is 2. The first-order chi connectivity index (χ1) is 14.1. The Morgan fingerprint density at radius 2 is 1.52 bits per heavy atom. The molecule has 0 aromatic heterocycles.